The normalized spacial score (nSPS) is 15.2. The van der Waals surface area contributed by atoms with Crippen molar-refractivity contribution in [2.24, 2.45) is 5.92 Å². The monoisotopic (exact) mass is 669 g/mol. The zero-order valence-electron chi connectivity index (χ0n) is 28.1. The lowest BCUT2D eigenvalue weighted by Gasteiger charge is -2.52. The van der Waals surface area contributed by atoms with Gasteiger partial charge in [-0.3, -0.25) is 0 Å². The number of nitrogens with one attached hydrogen (secondary N) is 1. The molecule has 2 aliphatic carbocycles. The van der Waals surface area contributed by atoms with Gasteiger partial charge in [0.05, 0.1) is 0 Å². The first-order valence-electron chi connectivity index (χ1n) is 17.8. The van der Waals surface area contributed by atoms with Crippen LogP contribution < -0.4 is 20.9 Å². The van der Waals surface area contributed by atoms with Crippen molar-refractivity contribution in [3.8, 4) is 11.1 Å². The molecule has 242 valence electrons. The van der Waals surface area contributed by atoms with Crippen LogP contribution >= 0.6 is 0 Å². The number of hydrogen-bond acceptors (Lipinski definition) is 2. The number of fused-ring (bicyclic) bond motifs is 4. The lowest BCUT2D eigenvalue weighted by molar-refractivity contribution is 0.666. The number of rotatable bonds is 8. The maximum absolute atomic E-state index is 6.28. The minimum Gasteiger partial charge on any atom is -0.456 e. The Morgan fingerprint density at radius 2 is 1.10 bits per heavy atom. The van der Waals surface area contributed by atoms with E-state index in [4.69, 9.17) is 4.42 Å². The first kappa shape index (κ1) is 29.7. The van der Waals surface area contributed by atoms with Crippen molar-refractivity contribution in [2.75, 3.05) is 5.32 Å². The number of hydrogen-bond donors (Lipinski definition) is 1. The van der Waals surface area contributed by atoms with E-state index in [2.05, 4.69) is 181 Å². The Hall–Kier alpha value is -6.16. The number of para-hydroxylation sites is 3. The highest BCUT2D eigenvalue weighted by molar-refractivity contribution is 7.17. The van der Waals surface area contributed by atoms with Crippen LogP contribution in [0.25, 0.3) is 38.6 Å². The molecule has 1 aromatic heterocycles. The van der Waals surface area contributed by atoms with Gasteiger partial charge in [0.1, 0.15) is 11.2 Å². The molecule has 1 unspecified atom stereocenters. The highest BCUT2D eigenvalue weighted by atomic mass is 28.3. The zero-order valence-corrected chi connectivity index (χ0v) is 29.1. The van der Waals surface area contributed by atoms with Crippen molar-refractivity contribution >= 4 is 62.5 Å². The minimum atomic E-state index is -2.75. The number of furan rings is 1. The van der Waals surface area contributed by atoms with Crippen molar-refractivity contribution in [3.63, 3.8) is 0 Å². The quantitative estimate of drug-likeness (QED) is 0.129. The molecule has 0 fully saturated rings. The van der Waals surface area contributed by atoms with E-state index < -0.39 is 8.07 Å². The van der Waals surface area contributed by atoms with Crippen LogP contribution in [-0.2, 0) is 0 Å². The molecule has 7 aromatic carbocycles. The third-order valence-corrected chi connectivity index (χ3v) is 16.0. The van der Waals surface area contributed by atoms with Gasteiger partial charge in [0, 0.05) is 33.6 Å². The molecular formula is C48H35NOSi. The Kier molecular flexibility index (Phi) is 7.00. The molecule has 0 saturated carbocycles. The number of benzene rings is 7. The summed E-state index contributed by atoms with van der Waals surface area (Å²) in [5, 5.41) is 11.9. The number of anilines is 2. The van der Waals surface area contributed by atoms with Crippen LogP contribution in [0.1, 0.15) is 12.0 Å². The molecule has 0 amide bonds. The van der Waals surface area contributed by atoms with Crippen molar-refractivity contribution in [1.82, 2.24) is 0 Å². The smallest absolute Gasteiger partial charge is 0.176 e. The van der Waals surface area contributed by atoms with E-state index in [1.165, 1.54) is 37.8 Å². The fraction of sp³-hybridized carbons (Fsp3) is 0.0417. The summed E-state index contributed by atoms with van der Waals surface area (Å²) in [4.78, 5) is 0. The Morgan fingerprint density at radius 3 is 1.80 bits per heavy atom. The summed E-state index contributed by atoms with van der Waals surface area (Å²) >= 11 is 0. The predicted octanol–water partition coefficient (Wildman–Crippen LogP) is 10.4. The van der Waals surface area contributed by atoms with Crippen molar-refractivity contribution < 1.29 is 4.42 Å². The molecule has 2 aliphatic rings. The molecule has 0 bridgehead atoms. The average molecular weight is 670 g/mol. The van der Waals surface area contributed by atoms with Gasteiger partial charge < -0.3 is 9.73 Å². The fourth-order valence-electron chi connectivity index (χ4n) is 8.55. The SMILES string of the molecule is C1=C2C(c3ccccc3Nc3ccccc3)=C([Si](c3ccccc3)(c3ccccc3)c3ccc(-c4ccc5c(c4)oc4ccccc45)cc3)C2C1. The van der Waals surface area contributed by atoms with Gasteiger partial charge >= 0.3 is 0 Å². The largest absolute Gasteiger partial charge is 0.456 e. The molecule has 0 spiro atoms. The van der Waals surface area contributed by atoms with Crippen LogP contribution in [0.4, 0.5) is 11.4 Å². The summed E-state index contributed by atoms with van der Waals surface area (Å²) in [5.74, 6) is 0.451. The summed E-state index contributed by atoms with van der Waals surface area (Å²) in [6.45, 7) is 0. The van der Waals surface area contributed by atoms with E-state index in [1.54, 1.807) is 5.20 Å². The summed E-state index contributed by atoms with van der Waals surface area (Å²) in [5.41, 5.74) is 10.6. The third-order valence-electron chi connectivity index (χ3n) is 11.0. The van der Waals surface area contributed by atoms with E-state index in [-0.39, 0.29) is 0 Å². The fourth-order valence-corrected chi connectivity index (χ4v) is 14.0. The average Bonchev–Trinajstić information content (AvgIpc) is 3.56. The summed E-state index contributed by atoms with van der Waals surface area (Å²) in [7, 11) is -2.75. The lowest BCUT2D eigenvalue weighted by Crippen LogP contribution is -2.71. The van der Waals surface area contributed by atoms with E-state index in [1.807, 2.05) is 12.1 Å². The van der Waals surface area contributed by atoms with Gasteiger partial charge in [-0.1, -0.05) is 157 Å². The molecular weight excluding hydrogens is 635 g/mol. The van der Waals surface area contributed by atoms with Gasteiger partial charge in [0.15, 0.2) is 8.07 Å². The molecule has 51 heavy (non-hydrogen) atoms. The Balaban J connectivity index is 1.18. The lowest BCUT2D eigenvalue weighted by atomic mass is 9.67. The van der Waals surface area contributed by atoms with Crippen molar-refractivity contribution in [1.29, 1.82) is 0 Å². The molecule has 2 nitrogen and oxygen atoms in total. The minimum absolute atomic E-state index is 0.451. The van der Waals surface area contributed by atoms with Gasteiger partial charge in [0.25, 0.3) is 0 Å². The Morgan fingerprint density at radius 1 is 0.510 bits per heavy atom. The van der Waals surface area contributed by atoms with Gasteiger partial charge in [-0.2, -0.15) is 0 Å². The van der Waals surface area contributed by atoms with Crippen molar-refractivity contribution in [2.45, 2.75) is 6.42 Å². The molecule has 10 rings (SSSR count). The van der Waals surface area contributed by atoms with Gasteiger partial charge in [-0.05, 0) is 80.7 Å². The van der Waals surface area contributed by atoms with Crippen LogP contribution in [0.3, 0.4) is 0 Å². The van der Waals surface area contributed by atoms with Gasteiger partial charge in [0.2, 0.25) is 0 Å². The maximum atomic E-state index is 6.28. The standard InChI is InChI=1S/C48H35NOSi/c1-4-14-35(15-5-1)49-44-22-12-10-21-43(44)47-41-30-31-42(41)48(47)51(36-16-6-2-7-17-36,37-18-8-3-9-19-37)38-27-24-33(25-28-38)34-26-29-40-39-20-11-13-23-45(39)50-46(40)32-34/h1-30,32,42,49H,31H2. The van der Waals surface area contributed by atoms with Crippen LogP contribution in [0, 0.1) is 5.92 Å². The maximum Gasteiger partial charge on any atom is 0.176 e. The predicted molar refractivity (Wildman–Crippen MR) is 216 cm³/mol. The topological polar surface area (TPSA) is 25.2 Å². The highest BCUT2D eigenvalue weighted by Crippen LogP contribution is 2.57. The zero-order chi connectivity index (χ0) is 33.8. The number of allylic oxidation sites excluding steroid dienone is 4. The molecule has 0 aliphatic heterocycles. The molecule has 0 radical (unpaired) electrons. The van der Waals surface area contributed by atoms with Crippen molar-refractivity contribution in [3.05, 3.63) is 204 Å². The highest BCUT2D eigenvalue weighted by Gasteiger charge is 2.54. The van der Waals surface area contributed by atoms with E-state index >= 15 is 0 Å². The second kappa shape index (κ2) is 12.0. The van der Waals surface area contributed by atoms with Crippen LogP contribution in [0.2, 0.25) is 0 Å². The second-order valence-electron chi connectivity index (χ2n) is 13.6. The van der Waals surface area contributed by atoms with E-state index in [0.29, 0.717) is 5.92 Å². The first-order valence-corrected chi connectivity index (χ1v) is 19.8. The second-order valence-corrected chi connectivity index (χ2v) is 17.4. The van der Waals surface area contributed by atoms with Crippen LogP contribution in [0.5, 0.6) is 0 Å². The van der Waals surface area contributed by atoms with E-state index in [0.717, 1.165) is 45.3 Å². The summed E-state index contributed by atoms with van der Waals surface area (Å²) < 4.78 is 6.28. The summed E-state index contributed by atoms with van der Waals surface area (Å²) in [6, 6.07) is 66.5. The van der Waals surface area contributed by atoms with Crippen LogP contribution in [0.15, 0.2) is 203 Å². The van der Waals surface area contributed by atoms with E-state index in [9.17, 15) is 0 Å². The van der Waals surface area contributed by atoms with Crippen LogP contribution in [-0.4, -0.2) is 8.07 Å². The Bertz CT molecular complexity index is 2580. The molecule has 3 heteroatoms. The Labute approximate surface area is 299 Å². The molecule has 1 heterocycles. The molecule has 1 N–H and O–H groups in total. The third kappa shape index (κ3) is 4.70. The van der Waals surface area contributed by atoms with Gasteiger partial charge in [-0.15, -0.1) is 0 Å². The molecule has 1 atom stereocenters. The molecule has 0 saturated heterocycles. The first-order chi connectivity index (χ1) is 25.3. The molecule has 8 aromatic rings. The van der Waals surface area contributed by atoms with Gasteiger partial charge in [-0.25, -0.2) is 0 Å². The summed E-state index contributed by atoms with van der Waals surface area (Å²) in [6.07, 6.45) is 3.54.